The Kier molecular flexibility index (Phi) is 3.09. The molecule has 5 nitrogen and oxygen atoms in total. The van der Waals surface area contributed by atoms with E-state index in [-0.39, 0.29) is 0 Å². The highest BCUT2D eigenvalue weighted by atomic mass is 16.6. The molecule has 3 rings (SSSR count). The molecule has 5 heteroatoms. The summed E-state index contributed by atoms with van der Waals surface area (Å²) in [6.07, 6.45) is 2.87. The molecule has 0 saturated heterocycles. The highest BCUT2D eigenvalue weighted by Gasteiger charge is 2.12. The van der Waals surface area contributed by atoms with Gasteiger partial charge in [-0.15, -0.1) is 0 Å². The van der Waals surface area contributed by atoms with E-state index in [0.717, 1.165) is 10.9 Å². The summed E-state index contributed by atoms with van der Waals surface area (Å²) >= 11 is 0. The number of nitrogens with zero attached hydrogens (tertiary/aromatic N) is 1. The summed E-state index contributed by atoms with van der Waals surface area (Å²) in [5.74, 6) is 1.09. The summed E-state index contributed by atoms with van der Waals surface area (Å²) < 4.78 is 11.0. The number of pyridine rings is 1. The van der Waals surface area contributed by atoms with Crippen LogP contribution in [-0.2, 0) is 0 Å². The maximum absolute atomic E-state index is 11.3. The molecule has 0 spiro atoms. The van der Waals surface area contributed by atoms with Gasteiger partial charge in [0.25, 0.3) is 0 Å². The largest absolute Gasteiger partial charge is 0.452 e. The molecule has 0 atom stereocenters. The average molecular weight is 268 g/mol. The molecule has 0 aliphatic rings. The van der Waals surface area contributed by atoms with Crippen LogP contribution in [0.25, 0.3) is 22.3 Å². The van der Waals surface area contributed by atoms with Gasteiger partial charge in [-0.25, -0.2) is 4.79 Å². The fourth-order valence-electron chi connectivity index (χ4n) is 1.93. The van der Waals surface area contributed by atoms with Crippen molar-refractivity contribution in [1.29, 1.82) is 0 Å². The minimum Gasteiger partial charge on any atom is -0.452 e. The Labute approximate surface area is 115 Å². The van der Waals surface area contributed by atoms with Gasteiger partial charge in [0.1, 0.15) is 5.76 Å². The standard InChI is InChI=1S/C15H12N2O3/c1-16-15(18)20-12-4-2-3-11-9-13(19-14(11)12)10-5-7-17-8-6-10/h2-9H,1H3,(H,16,18). The quantitative estimate of drug-likeness (QED) is 0.775. The molecule has 0 aliphatic carbocycles. The first-order chi connectivity index (χ1) is 9.78. The fourth-order valence-corrected chi connectivity index (χ4v) is 1.93. The number of para-hydroxylation sites is 1. The zero-order chi connectivity index (χ0) is 13.9. The second-order valence-electron chi connectivity index (χ2n) is 4.16. The first kappa shape index (κ1) is 12.2. The minimum atomic E-state index is -0.528. The Morgan fingerprint density at radius 3 is 2.80 bits per heavy atom. The molecule has 0 radical (unpaired) electrons. The normalized spacial score (nSPS) is 10.4. The number of ether oxygens (including phenoxy) is 1. The third kappa shape index (κ3) is 2.21. The Hall–Kier alpha value is -2.82. The van der Waals surface area contributed by atoms with Crippen LogP contribution < -0.4 is 10.1 Å². The predicted molar refractivity (Wildman–Crippen MR) is 74.5 cm³/mol. The van der Waals surface area contributed by atoms with E-state index in [9.17, 15) is 4.79 Å². The van der Waals surface area contributed by atoms with Crippen molar-refractivity contribution < 1.29 is 13.9 Å². The van der Waals surface area contributed by atoms with Crippen molar-refractivity contribution in [3.8, 4) is 17.1 Å². The lowest BCUT2D eigenvalue weighted by molar-refractivity contribution is 0.203. The Balaban J connectivity index is 2.07. The average Bonchev–Trinajstić information content (AvgIpc) is 2.93. The zero-order valence-electron chi connectivity index (χ0n) is 10.8. The molecule has 0 bridgehead atoms. The van der Waals surface area contributed by atoms with Crippen LogP contribution in [0.3, 0.4) is 0 Å². The van der Waals surface area contributed by atoms with Crippen LogP contribution in [0.4, 0.5) is 4.79 Å². The van der Waals surface area contributed by atoms with Crippen molar-refractivity contribution in [2.45, 2.75) is 0 Å². The number of furan rings is 1. The molecule has 2 heterocycles. The smallest absolute Gasteiger partial charge is 0.412 e. The molecular formula is C15H12N2O3. The molecule has 2 aromatic heterocycles. The molecule has 1 aromatic carbocycles. The lowest BCUT2D eigenvalue weighted by atomic mass is 10.2. The third-order valence-electron chi connectivity index (χ3n) is 2.88. The second kappa shape index (κ2) is 5.05. The van der Waals surface area contributed by atoms with Crippen molar-refractivity contribution in [1.82, 2.24) is 10.3 Å². The monoisotopic (exact) mass is 268 g/mol. The van der Waals surface area contributed by atoms with Gasteiger partial charge in [0, 0.05) is 30.4 Å². The fraction of sp³-hybridized carbons (Fsp3) is 0.0667. The van der Waals surface area contributed by atoms with E-state index in [0.29, 0.717) is 17.1 Å². The maximum atomic E-state index is 11.3. The predicted octanol–water partition coefficient (Wildman–Crippen LogP) is 3.21. The number of nitrogens with one attached hydrogen (secondary N) is 1. The van der Waals surface area contributed by atoms with E-state index in [2.05, 4.69) is 10.3 Å². The number of aromatic nitrogens is 1. The molecule has 100 valence electrons. The van der Waals surface area contributed by atoms with Crippen LogP contribution in [0.5, 0.6) is 5.75 Å². The molecule has 0 aliphatic heterocycles. The van der Waals surface area contributed by atoms with Gasteiger partial charge in [0.2, 0.25) is 0 Å². The summed E-state index contributed by atoms with van der Waals surface area (Å²) in [7, 11) is 1.51. The summed E-state index contributed by atoms with van der Waals surface area (Å²) in [6.45, 7) is 0. The summed E-state index contributed by atoms with van der Waals surface area (Å²) in [6, 6.07) is 11.0. The highest BCUT2D eigenvalue weighted by molar-refractivity contribution is 5.89. The first-order valence-corrected chi connectivity index (χ1v) is 6.10. The van der Waals surface area contributed by atoms with Crippen molar-refractivity contribution in [3.05, 3.63) is 48.8 Å². The van der Waals surface area contributed by atoms with Crippen LogP contribution in [0.2, 0.25) is 0 Å². The van der Waals surface area contributed by atoms with Crippen LogP contribution in [0, 0.1) is 0 Å². The van der Waals surface area contributed by atoms with E-state index in [1.807, 2.05) is 30.3 Å². The minimum absolute atomic E-state index is 0.391. The van der Waals surface area contributed by atoms with Crippen LogP contribution >= 0.6 is 0 Å². The number of carbonyl (C=O) groups excluding carboxylic acids is 1. The zero-order valence-corrected chi connectivity index (χ0v) is 10.8. The highest BCUT2D eigenvalue weighted by Crippen LogP contribution is 2.33. The number of benzene rings is 1. The third-order valence-corrected chi connectivity index (χ3v) is 2.88. The van der Waals surface area contributed by atoms with E-state index in [1.165, 1.54) is 7.05 Å². The van der Waals surface area contributed by atoms with Crippen LogP contribution in [0.1, 0.15) is 0 Å². The number of amides is 1. The van der Waals surface area contributed by atoms with Gasteiger partial charge >= 0.3 is 6.09 Å². The van der Waals surface area contributed by atoms with Gasteiger partial charge in [-0.3, -0.25) is 4.98 Å². The Morgan fingerprint density at radius 2 is 2.05 bits per heavy atom. The number of fused-ring (bicyclic) bond motifs is 1. The number of hydrogen-bond donors (Lipinski definition) is 1. The number of rotatable bonds is 2. The van der Waals surface area contributed by atoms with Gasteiger partial charge < -0.3 is 14.5 Å². The van der Waals surface area contributed by atoms with Gasteiger partial charge in [-0.1, -0.05) is 12.1 Å². The van der Waals surface area contributed by atoms with E-state index in [4.69, 9.17) is 9.15 Å². The van der Waals surface area contributed by atoms with Gasteiger partial charge in [0.05, 0.1) is 0 Å². The molecule has 3 aromatic rings. The molecule has 20 heavy (non-hydrogen) atoms. The van der Waals surface area contributed by atoms with E-state index < -0.39 is 6.09 Å². The van der Waals surface area contributed by atoms with Crippen LogP contribution in [-0.4, -0.2) is 18.1 Å². The van der Waals surface area contributed by atoms with Crippen molar-refractivity contribution in [3.63, 3.8) is 0 Å². The van der Waals surface area contributed by atoms with E-state index >= 15 is 0 Å². The molecule has 0 saturated carbocycles. The van der Waals surface area contributed by atoms with Crippen molar-refractivity contribution in [2.75, 3.05) is 7.05 Å². The van der Waals surface area contributed by atoms with E-state index in [1.54, 1.807) is 18.5 Å². The number of hydrogen-bond acceptors (Lipinski definition) is 4. The van der Waals surface area contributed by atoms with Crippen molar-refractivity contribution in [2.24, 2.45) is 0 Å². The lowest BCUT2D eigenvalue weighted by Crippen LogP contribution is -2.22. The first-order valence-electron chi connectivity index (χ1n) is 6.10. The van der Waals surface area contributed by atoms with Gasteiger partial charge in [-0.05, 0) is 24.3 Å². The van der Waals surface area contributed by atoms with Gasteiger partial charge in [0.15, 0.2) is 11.3 Å². The summed E-state index contributed by atoms with van der Waals surface area (Å²) in [5, 5.41) is 3.28. The molecule has 1 amide bonds. The Bertz CT molecular complexity index is 750. The molecular weight excluding hydrogens is 256 g/mol. The SMILES string of the molecule is CNC(=O)Oc1cccc2cc(-c3ccncc3)oc12. The number of carbonyl (C=O) groups is 1. The topological polar surface area (TPSA) is 64.4 Å². The van der Waals surface area contributed by atoms with Gasteiger partial charge in [-0.2, -0.15) is 0 Å². The lowest BCUT2D eigenvalue weighted by Gasteiger charge is -2.03. The Morgan fingerprint density at radius 1 is 1.25 bits per heavy atom. The summed E-state index contributed by atoms with van der Waals surface area (Å²) in [5.41, 5.74) is 1.46. The molecule has 0 unspecified atom stereocenters. The summed E-state index contributed by atoms with van der Waals surface area (Å²) in [4.78, 5) is 15.3. The molecule has 0 fully saturated rings. The van der Waals surface area contributed by atoms with Crippen LogP contribution in [0.15, 0.2) is 53.2 Å². The molecule has 1 N–H and O–H groups in total. The second-order valence-corrected chi connectivity index (χ2v) is 4.16. The maximum Gasteiger partial charge on any atom is 0.412 e. The van der Waals surface area contributed by atoms with Crippen molar-refractivity contribution >= 4 is 17.1 Å².